The van der Waals surface area contributed by atoms with Gasteiger partial charge in [-0.15, -0.1) is 0 Å². The van der Waals surface area contributed by atoms with E-state index in [1.807, 2.05) is 0 Å². The van der Waals surface area contributed by atoms with E-state index in [4.69, 9.17) is 9.84 Å². The van der Waals surface area contributed by atoms with Crippen LogP contribution in [0.15, 0.2) is 30.4 Å². The average molecular weight is 214 g/mol. The summed E-state index contributed by atoms with van der Waals surface area (Å²) in [4.78, 5) is 10.3. The fraction of sp³-hybridized carbons (Fsp3) is 0.100. The summed E-state index contributed by atoms with van der Waals surface area (Å²) >= 11 is 0. The van der Waals surface area contributed by atoms with Crippen LogP contribution in [0.25, 0.3) is 0 Å². The molecular weight excluding hydrogens is 206 g/mol. The quantitative estimate of drug-likeness (QED) is 0.779. The van der Waals surface area contributed by atoms with Crippen LogP contribution >= 0.6 is 0 Å². The number of benzene rings is 1. The number of aliphatic carboxylic acids is 1. The number of carbonyl (C=O) groups is 1. The highest BCUT2D eigenvalue weighted by Gasteiger charge is 2.06. The van der Waals surface area contributed by atoms with Gasteiger partial charge in [0.05, 0.1) is 5.57 Å². The third-order valence-corrected chi connectivity index (χ3v) is 1.55. The van der Waals surface area contributed by atoms with Crippen molar-refractivity contribution in [1.82, 2.24) is 0 Å². The van der Waals surface area contributed by atoms with E-state index < -0.39 is 17.6 Å². The Labute approximate surface area is 84.6 Å². The molecule has 0 radical (unpaired) electrons. The van der Waals surface area contributed by atoms with Gasteiger partial charge < -0.3 is 9.84 Å². The van der Waals surface area contributed by atoms with Crippen molar-refractivity contribution in [3.8, 4) is 5.75 Å². The van der Waals surface area contributed by atoms with Crippen molar-refractivity contribution in [2.75, 3.05) is 6.61 Å². The molecule has 0 amide bonds. The largest absolute Gasteiger partial charge is 0.488 e. The third-order valence-electron chi connectivity index (χ3n) is 1.55. The van der Waals surface area contributed by atoms with Crippen LogP contribution in [0.1, 0.15) is 0 Å². The Morgan fingerprint density at radius 3 is 2.33 bits per heavy atom. The molecule has 0 aliphatic heterocycles. The van der Waals surface area contributed by atoms with E-state index >= 15 is 0 Å². The van der Waals surface area contributed by atoms with Crippen LogP contribution in [0.2, 0.25) is 0 Å². The second kappa shape index (κ2) is 4.54. The molecule has 0 spiro atoms. The molecule has 0 atom stereocenters. The molecular formula is C10H8F2O3. The van der Waals surface area contributed by atoms with Gasteiger partial charge in [-0.05, 0) is 0 Å². The van der Waals surface area contributed by atoms with Crippen molar-refractivity contribution < 1.29 is 23.4 Å². The van der Waals surface area contributed by atoms with E-state index in [2.05, 4.69) is 6.58 Å². The first-order chi connectivity index (χ1) is 6.99. The highest BCUT2D eigenvalue weighted by molar-refractivity contribution is 5.86. The molecule has 0 aliphatic carbocycles. The van der Waals surface area contributed by atoms with E-state index in [1.165, 1.54) is 0 Å². The zero-order chi connectivity index (χ0) is 11.4. The van der Waals surface area contributed by atoms with Crippen molar-refractivity contribution in [3.05, 3.63) is 42.0 Å². The van der Waals surface area contributed by atoms with Crippen LogP contribution in [0, 0.1) is 11.6 Å². The molecule has 0 saturated carbocycles. The van der Waals surface area contributed by atoms with E-state index in [1.54, 1.807) is 0 Å². The van der Waals surface area contributed by atoms with Gasteiger partial charge in [0.15, 0.2) is 0 Å². The lowest BCUT2D eigenvalue weighted by Crippen LogP contribution is -2.09. The lowest BCUT2D eigenvalue weighted by molar-refractivity contribution is -0.133. The van der Waals surface area contributed by atoms with Gasteiger partial charge in [0, 0.05) is 18.2 Å². The Bertz CT molecular complexity index is 381. The van der Waals surface area contributed by atoms with Gasteiger partial charge in [0.1, 0.15) is 24.0 Å². The maximum Gasteiger partial charge on any atom is 0.334 e. The fourth-order valence-electron chi connectivity index (χ4n) is 0.844. The molecule has 0 saturated heterocycles. The molecule has 0 unspecified atom stereocenters. The van der Waals surface area contributed by atoms with Gasteiger partial charge >= 0.3 is 5.97 Å². The zero-order valence-electron chi connectivity index (χ0n) is 7.67. The summed E-state index contributed by atoms with van der Waals surface area (Å²) in [6.07, 6.45) is 0. The summed E-state index contributed by atoms with van der Waals surface area (Å²) in [6, 6.07) is 2.61. The minimum absolute atomic E-state index is 0.0742. The van der Waals surface area contributed by atoms with Crippen LogP contribution < -0.4 is 4.74 Å². The molecule has 0 bridgehead atoms. The number of hydrogen-bond donors (Lipinski definition) is 1. The van der Waals surface area contributed by atoms with E-state index in [9.17, 15) is 13.6 Å². The molecule has 15 heavy (non-hydrogen) atoms. The average Bonchev–Trinajstić information content (AvgIpc) is 2.12. The van der Waals surface area contributed by atoms with Crippen LogP contribution in [0.3, 0.4) is 0 Å². The number of ether oxygens (including phenoxy) is 1. The Morgan fingerprint density at radius 1 is 1.33 bits per heavy atom. The summed E-state index contributed by atoms with van der Waals surface area (Å²) < 4.78 is 30.1. The lowest BCUT2D eigenvalue weighted by atomic mass is 10.3. The number of halogens is 2. The number of carboxylic acids is 1. The van der Waals surface area contributed by atoms with Gasteiger partial charge in [-0.3, -0.25) is 0 Å². The first-order valence-electron chi connectivity index (χ1n) is 3.99. The minimum atomic E-state index is -1.22. The topological polar surface area (TPSA) is 46.5 Å². The van der Waals surface area contributed by atoms with E-state index in [0.29, 0.717) is 6.07 Å². The van der Waals surface area contributed by atoms with Gasteiger partial charge in [-0.25, -0.2) is 13.6 Å². The normalized spacial score (nSPS) is 9.73. The molecule has 0 aliphatic rings. The Morgan fingerprint density at radius 2 is 1.87 bits per heavy atom. The Hall–Kier alpha value is -1.91. The minimum Gasteiger partial charge on any atom is -0.488 e. The standard InChI is InChI=1S/C10H8F2O3/c1-6(10(13)14)5-15-9-3-7(11)2-8(12)4-9/h2-4H,1,5H2,(H,13,14). The van der Waals surface area contributed by atoms with Crippen molar-refractivity contribution in [2.45, 2.75) is 0 Å². The number of hydrogen-bond acceptors (Lipinski definition) is 2. The molecule has 0 fully saturated rings. The third kappa shape index (κ3) is 3.38. The molecule has 1 aromatic carbocycles. The van der Waals surface area contributed by atoms with E-state index in [-0.39, 0.29) is 17.9 Å². The second-order valence-corrected chi connectivity index (χ2v) is 2.80. The summed E-state index contributed by atoms with van der Waals surface area (Å²) in [5.41, 5.74) is -0.195. The first kappa shape index (κ1) is 11.2. The van der Waals surface area contributed by atoms with Crippen LogP contribution in [0.4, 0.5) is 8.78 Å². The van der Waals surface area contributed by atoms with Crippen molar-refractivity contribution in [3.63, 3.8) is 0 Å². The maximum atomic E-state index is 12.7. The van der Waals surface area contributed by atoms with Gasteiger partial charge in [0.25, 0.3) is 0 Å². The fourth-order valence-corrected chi connectivity index (χ4v) is 0.844. The lowest BCUT2D eigenvalue weighted by Gasteiger charge is -2.05. The monoisotopic (exact) mass is 214 g/mol. The van der Waals surface area contributed by atoms with Crippen molar-refractivity contribution in [1.29, 1.82) is 0 Å². The summed E-state index contributed by atoms with van der Waals surface area (Å²) in [5, 5.41) is 8.44. The molecule has 1 N–H and O–H groups in total. The van der Waals surface area contributed by atoms with Crippen LogP contribution in [0.5, 0.6) is 5.75 Å². The number of carboxylic acid groups (broad SMARTS) is 1. The molecule has 0 aromatic heterocycles. The summed E-state index contributed by atoms with van der Waals surface area (Å²) in [5.74, 6) is -2.86. The SMILES string of the molecule is C=C(COc1cc(F)cc(F)c1)C(=O)O. The summed E-state index contributed by atoms with van der Waals surface area (Å²) in [6.45, 7) is 2.88. The van der Waals surface area contributed by atoms with Gasteiger partial charge in [-0.2, -0.15) is 0 Å². The van der Waals surface area contributed by atoms with Gasteiger partial charge in [0.2, 0.25) is 0 Å². The highest BCUT2D eigenvalue weighted by atomic mass is 19.1. The van der Waals surface area contributed by atoms with Crippen LogP contribution in [-0.4, -0.2) is 17.7 Å². The Balaban J connectivity index is 2.65. The molecule has 1 aromatic rings. The smallest absolute Gasteiger partial charge is 0.334 e. The predicted octanol–water partition coefficient (Wildman–Crippen LogP) is 1.98. The first-order valence-corrected chi connectivity index (χ1v) is 3.99. The second-order valence-electron chi connectivity index (χ2n) is 2.80. The number of rotatable bonds is 4. The van der Waals surface area contributed by atoms with Crippen molar-refractivity contribution in [2.24, 2.45) is 0 Å². The molecule has 5 heteroatoms. The van der Waals surface area contributed by atoms with Crippen LogP contribution in [-0.2, 0) is 4.79 Å². The van der Waals surface area contributed by atoms with E-state index in [0.717, 1.165) is 12.1 Å². The molecule has 0 heterocycles. The molecule has 80 valence electrons. The zero-order valence-corrected chi connectivity index (χ0v) is 7.67. The maximum absolute atomic E-state index is 12.7. The molecule has 1 rings (SSSR count). The van der Waals surface area contributed by atoms with Crippen molar-refractivity contribution >= 4 is 5.97 Å². The Kier molecular flexibility index (Phi) is 3.38. The highest BCUT2D eigenvalue weighted by Crippen LogP contribution is 2.15. The summed E-state index contributed by atoms with van der Waals surface area (Å²) in [7, 11) is 0. The predicted molar refractivity (Wildman–Crippen MR) is 48.6 cm³/mol. The molecule has 3 nitrogen and oxygen atoms in total. The van der Waals surface area contributed by atoms with Gasteiger partial charge in [-0.1, -0.05) is 6.58 Å².